The summed E-state index contributed by atoms with van der Waals surface area (Å²) in [5.41, 5.74) is 0.477. The molecule has 1 unspecified atom stereocenters. The first-order valence-corrected chi connectivity index (χ1v) is 3.65. The number of rotatable bonds is 2. The van der Waals surface area contributed by atoms with E-state index in [0.29, 0.717) is 12.0 Å². The van der Waals surface area contributed by atoms with Gasteiger partial charge in [0.1, 0.15) is 6.29 Å². The lowest BCUT2D eigenvalue weighted by Gasteiger charge is -2.06. The van der Waals surface area contributed by atoms with Gasteiger partial charge in [0.25, 0.3) is 5.24 Å². The third-order valence-electron chi connectivity index (χ3n) is 1.53. The lowest BCUT2D eigenvalue weighted by atomic mass is 9.99. The van der Waals surface area contributed by atoms with E-state index >= 15 is 0 Å². The fourth-order valence-corrected chi connectivity index (χ4v) is 1.02. The van der Waals surface area contributed by atoms with E-state index in [-0.39, 0.29) is 5.92 Å². The highest BCUT2D eigenvalue weighted by Crippen LogP contribution is 2.15. The predicted molar refractivity (Wildman–Crippen MR) is 42.3 cm³/mol. The standard InChI is InChI=1S/C8H7ClO2/c9-8(11)7-3-1-6(5-10)2-4-7/h1,3-6H,2H2. The average Bonchev–Trinajstić information content (AvgIpc) is 2.05. The highest BCUT2D eigenvalue weighted by molar-refractivity contribution is 6.68. The molecule has 0 aromatic heterocycles. The van der Waals surface area contributed by atoms with Crippen molar-refractivity contribution in [1.82, 2.24) is 0 Å². The predicted octanol–water partition coefficient (Wildman–Crippen LogP) is 1.45. The quantitative estimate of drug-likeness (QED) is 0.465. The minimum absolute atomic E-state index is 0.0882. The monoisotopic (exact) mass is 170 g/mol. The third kappa shape index (κ3) is 2.02. The lowest BCUT2D eigenvalue weighted by molar-refractivity contribution is -0.110. The van der Waals surface area contributed by atoms with Crippen LogP contribution in [0.3, 0.4) is 0 Å². The molecule has 0 aromatic rings. The van der Waals surface area contributed by atoms with Crippen LogP contribution >= 0.6 is 11.6 Å². The molecule has 0 aromatic carbocycles. The number of hydrogen-bond donors (Lipinski definition) is 0. The summed E-state index contributed by atoms with van der Waals surface area (Å²) in [6.45, 7) is 0. The van der Waals surface area contributed by atoms with Crippen molar-refractivity contribution in [2.45, 2.75) is 6.42 Å². The van der Waals surface area contributed by atoms with E-state index in [0.717, 1.165) is 6.29 Å². The first kappa shape index (κ1) is 8.21. The maximum absolute atomic E-state index is 10.6. The van der Waals surface area contributed by atoms with Crippen LogP contribution in [0.15, 0.2) is 23.8 Å². The SMILES string of the molecule is O=CC1C=CC(C(=O)Cl)=CC1. The largest absolute Gasteiger partial charge is 0.303 e. The molecule has 2 nitrogen and oxygen atoms in total. The molecule has 0 heterocycles. The van der Waals surface area contributed by atoms with Gasteiger partial charge in [-0.15, -0.1) is 0 Å². The van der Waals surface area contributed by atoms with Crippen LogP contribution in [0, 0.1) is 5.92 Å². The van der Waals surface area contributed by atoms with E-state index in [1.165, 1.54) is 0 Å². The number of carbonyl (C=O) groups excluding carboxylic acids is 2. The van der Waals surface area contributed by atoms with E-state index in [1.807, 2.05) is 0 Å². The number of aldehydes is 1. The Bertz CT molecular complexity index is 240. The van der Waals surface area contributed by atoms with Gasteiger partial charge in [-0.25, -0.2) is 0 Å². The summed E-state index contributed by atoms with van der Waals surface area (Å²) in [5, 5.41) is -0.467. The number of allylic oxidation sites excluding steroid dienone is 4. The van der Waals surface area contributed by atoms with Crippen LogP contribution in [-0.2, 0) is 9.59 Å². The zero-order chi connectivity index (χ0) is 8.27. The molecule has 0 bridgehead atoms. The highest BCUT2D eigenvalue weighted by atomic mass is 35.5. The van der Waals surface area contributed by atoms with Gasteiger partial charge in [-0.3, -0.25) is 4.79 Å². The topological polar surface area (TPSA) is 34.1 Å². The molecule has 0 aliphatic heterocycles. The van der Waals surface area contributed by atoms with Gasteiger partial charge in [-0.05, 0) is 18.0 Å². The van der Waals surface area contributed by atoms with Crippen LogP contribution in [0.1, 0.15) is 6.42 Å². The van der Waals surface area contributed by atoms with Crippen molar-refractivity contribution in [2.24, 2.45) is 5.92 Å². The minimum Gasteiger partial charge on any atom is -0.303 e. The molecule has 0 radical (unpaired) electrons. The first-order valence-electron chi connectivity index (χ1n) is 3.27. The van der Waals surface area contributed by atoms with Crippen LogP contribution < -0.4 is 0 Å². The maximum atomic E-state index is 10.6. The normalized spacial score (nSPS) is 22.6. The van der Waals surface area contributed by atoms with Crippen molar-refractivity contribution >= 4 is 23.1 Å². The Kier molecular flexibility index (Phi) is 2.60. The zero-order valence-corrected chi connectivity index (χ0v) is 6.54. The molecule has 1 aliphatic rings. The zero-order valence-electron chi connectivity index (χ0n) is 5.79. The van der Waals surface area contributed by atoms with Crippen LogP contribution in [0.25, 0.3) is 0 Å². The van der Waals surface area contributed by atoms with Crippen molar-refractivity contribution in [3.05, 3.63) is 23.8 Å². The van der Waals surface area contributed by atoms with Crippen LogP contribution in [0.4, 0.5) is 0 Å². The van der Waals surface area contributed by atoms with Gasteiger partial charge < -0.3 is 4.79 Å². The van der Waals surface area contributed by atoms with Gasteiger partial charge in [-0.1, -0.05) is 18.2 Å². The van der Waals surface area contributed by atoms with Crippen LogP contribution in [0.2, 0.25) is 0 Å². The van der Waals surface area contributed by atoms with Crippen LogP contribution in [-0.4, -0.2) is 11.5 Å². The summed E-state index contributed by atoms with van der Waals surface area (Å²) in [6, 6.07) is 0. The number of carbonyl (C=O) groups is 2. The Morgan fingerprint density at radius 2 is 2.45 bits per heavy atom. The number of hydrogen-bond acceptors (Lipinski definition) is 2. The van der Waals surface area contributed by atoms with Gasteiger partial charge in [-0.2, -0.15) is 0 Å². The maximum Gasteiger partial charge on any atom is 0.252 e. The molecular formula is C8H7ClO2. The van der Waals surface area contributed by atoms with E-state index in [2.05, 4.69) is 0 Å². The second kappa shape index (κ2) is 3.49. The summed E-state index contributed by atoms with van der Waals surface area (Å²) < 4.78 is 0. The molecule has 0 N–H and O–H groups in total. The Labute approximate surface area is 69.5 Å². The molecule has 0 saturated heterocycles. The van der Waals surface area contributed by atoms with E-state index in [1.54, 1.807) is 18.2 Å². The second-order valence-electron chi connectivity index (χ2n) is 2.33. The molecule has 1 aliphatic carbocycles. The van der Waals surface area contributed by atoms with E-state index in [4.69, 9.17) is 11.6 Å². The van der Waals surface area contributed by atoms with Gasteiger partial charge in [0, 0.05) is 11.5 Å². The van der Waals surface area contributed by atoms with Gasteiger partial charge >= 0.3 is 0 Å². The summed E-state index contributed by atoms with van der Waals surface area (Å²) >= 11 is 5.20. The van der Waals surface area contributed by atoms with Crippen LogP contribution in [0.5, 0.6) is 0 Å². The molecule has 58 valence electrons. The van der Waals surface area contributed by atoms with Gasteiger partial charge in [0.05, 0.1) is 0 Å². The lowest BCUT2D eigenvalue weighted by Crippen LogP contribution is -2.03. The highest BCUT2D eigenvalue weighted by Gasteiger charge is 2.10. The van der Waals surface area contributed by atoms with Crippen molar-refractivity contribution in [3.63, 3.8) is 0 Å². The van der Waals surface area contributed by atoms with Gasteiger partial charge in [0.15, 0.2) is 0 Å². The molecule has 0 amide bonds. The average molecular weight is 171 g/mol. The molecule has 0 spiro atoms. The number of halogens is 1. The molecule has 0 saturated carbocycles. The smallest absolute Gasteiger partial charge is 0.252 e. The molecule has 11 heavy (non-hydrogen) atoms. The van der Waals surface area contributed by atoms with E-state index in [9.17, 15) is 9.59 Å². The molecule has 3 heteroatoms. The summed E-state index contributed by atoms with van der Waals surface area (Å²) in [6.07, 6.45) is 6.37. The minimum atomic E-state index is -0.467. The Hall–Kier alpha value is -0.890. The fourth-order valence-electron chi connectivity index (χ4n) is 0.884. The van der Waals surface area contributed by atoms with E-state index < -0.39 is 5.24 Å². The van der Waals surface area contributed by atoms with Crippen molar-refractivity contribution < 1.29 is 9.59 Å². The molecule has 1 atom stereocenters. The fraction of sp³-hybridized carbons (Fsp3) is 0.250. The third-order valence-corrected chi connectivity index (χ3v) is 1.75. The molecular weight excluding hydrogens is 164 g/mol. The van der Waals surface area contributed by atoms with Crippen molar-refractivity contribution in [2.75, 3.05) is 0 Å². The van der Waals surface area contributed by atoms with Crippen molar-refractivity contribution in [3.8, 4) is 0 Å². The van der Waals surface area contributed by atoms with Gasteiger partial charge in [0.2, 0.25) is 0 Å². The summed E-state index contributed by atoms with van der Waals surface area (Å²) in [4.78, 5) is 20.8. The summed E-state index contributed by atoms with van der Waals surface area (Å²) in [7, 11) is 0. The first-order chi connectivity index (χ1) is 5.24. The Balaban J connectivity index is 2.66. The van der Waals surface area contributed by atoms with Crippen molar-refractivity contribution in [1.29, 1.82) is 0 Å². The molecule has 1 rings (SSSR count). The molecule has 0 fully saturated rings. The Morgan fingerprint density at radius 3 is 2.82 bits per heavy atom. The summed E-state index contributed by atoms with van der Waals surface area (Å²) in [5.74, 6) is -0.0882. The Morgan fingerprint density at radius 1 is 1.73 bits per heavy atom. The second-order valence-corrected chi connectivity index (χ2v) is 2.67.